The standard InChI is InChI=1S/C23H24Cl3NO6/c1-23(2,3)14(20(28)29)9-18(27-22(31)32-12-13-7-5-4-6-8-13)21(30)33-19-11-16(25)15(24)10-17(19)26/h4-8,10-11,14,18H,9,12H2,1-3H3,(H,27,31)(H,28,29)/t14?,18-/m0/s1. The number of hydrogen-bond donors (Lipinski definition) is 2. The van der Waals surface area contributed by atoms with Crippen molar-refractivity contribution in [3.8, 4) is 5.75 Å². The molecule has 7 nitrogen and oxygen atoms in total. The summed E-state index contributed by atoms with van der Waals surface area (Å²) < 4.78 is 10.5. The van der Waals surface area contributed by atoms with E-state index in [4.69, 9.17) is 44.3 Å². The largest absolute Gasteiger partial charge is 0.481 e. The van der Waals surface area contributed by atoms with Gasteiger partial charge in [-0.3, -0.25) is 4.79 Å². The average Bonchev–Trinajstić information content (AvgIpc) is 2.72. The van der Waals surface area contributed by atoms with Gasteiger partial charge in [0, 0.05) is 6.07 Å². The zero-order valence-corrected chi connectivity index (χ0v) is 20.5. The molecular weight excluding hydrogens is 493 g/mol. The number of benzene rings is 2. The molecule has 0 fully saturated rings. The predicted molar refractivity (Wildman–Crippen MR) is 126 cm³/mol. The minimum absolute atomic E-state index is 0.0220. The number of esters is 1. The molecule has 0 aliphatic carbocycles. The molecule has 0 radical (unpaired) electrons. The minimum Gasteiger partial charge on any atom is -0.481 e. The summed E-state index contributed by atoms with van der Waals surface area (Å²) in [4.78, 5) is 37.2. The van der Waals surface area contributed by atoms with Crippen molar-refractivity contribution in [3.05, 3.63) is 63.1 Å². The molecule has 2 rings (SSSR count). The van der Waals surface area contributed by atoms with Crippen LogP contribution in [0.3, 0.4) is 0 Å². The second-order valence-corrected chi connectivity index (χ2v) is 9.59. The Morgan fingerprint density at radius 2 is 1.61 bits per heavy atom. The van der Waals surface area contributed by atoms with Crippen molar-refractivity contribution in [3.63, 3.8) is 0 Å². The number of ether oxygens (including phenoxy) is 2. The summed E-state index contributed by atoms with van der Waals surface area (Å²) in [5.74, 6) is -3.10. The fraction of sp³-hybridized carbons (Fsp3) is 0.348. The molecule has 0 aliphatic rings. The van der Waals surface area contributed by atoms with Crippen molar-refractivity contribution in [1.82, 2.24) is 5.32 Å². The Balaban J connectivity index is 2.21. The summed E-state index contributed by atoms with van der Waals surface area (Å²) in [6, 6.07) is 10.2. The van der Waals surface area contributed by atoms with Crippen LogP contribution in [0.25, 0.3) is 0 Å². The molecule has 0 saturated heterocycles. The summed E-state index contributed by atoms with van der Waals surface area (Å²) >= 11 is 17.9. The van der Waals surface area contributed by atoms with Gasteiger partial charge in [0.25, 0.3) is 0 Å². The number of aliphatic carboxylic acids is 1. The summed E-state index contributed by atoms with van der Waals surface area (Å²) in [7, 11) is 0. The first-order valence-corrected chi connectivity index (χ1v) is 11.1. The van der Waals surface area contributed by atoms with E-state index in [9.17, 15) is 19.5 Å². The highest BCUT2D eigenvalue weighted by Crippen LogP contribution is 2.35. The molecule has 1 amide bonds. The van der Waals surface area contributed by atoms with Crippen LogP contribution in [0.2, 0.25) is 15.1 Å². The first-order chi connectivity index (χ1) is 15.4. The first kappa shape index (κ1) is 26.8. The quantitative estimate of drug-likeness (QED) is 0.254. The number of carboxylic acid groups (broad SMARTS) is 1. The molecule has 0 saturated carbocycles. The van der Waals surface area contributed by atoms with Gasteiger partial charge in [0.2, 0.25) is 0 Å². The van der Waals surface area contributed by atoms with Gasteiger partial charge in [0.15, 0.2) is 5.75 Å². The third-order valence-corrected chi connectivity index (χ3v) is 5.81. The Morgan fingerprint density at radius 1 is 1.00 bits per heavy atom. The maximum absolute atomic E-state index is 12.9. The number of halogens is 3. The van der Waals surface area contributed by atoms with Crippen molar-refractivity contribution in [2.75, 3.05) is 0 Å². The van der Waals surface area contributed by atoms with E-state index in [1.165, 1.54) is 12.1 Å². The van der Waals surface area contributed by atoms with Gasteiger partial charge in [-0.05, 0) is 23.5 Å². The smallest absolute Gasteiger partial charge is 0.408 e. The van der Waals surface area contributed by atoms with Gasteiger partial charge in [-0.1, -0.05) is 85.9 Å². The summed E-state index contributed by atoms with van der Waals surface area (Å²) in [5, 5.41) is 12.4. The number of nitrogens with one attached hydrogen (secondary N) is 1. The third-order valence-electron chi connectivity index (χ3n) is 4.79. The number of hydrogen-bond acceptors (Lipinski definition) is 5. The second-order valence-electron chi connectivity index (χ2n) is 8.37. The number of carboxylic acids is 1. The van der Waals surface area contributed by atoms with E-state index in [0.29, 0.717) is 0 Å². The van der Waals surface area contributed by atoms with Gasteiger partial charge in [0.1, 0.15) is 12.6 Å². The zero-order chi connectivity index (χ0) is 24.8. The van der Waals surface area contributed by atoms with E-state index in [-0.39, 0.29) is 33.8 Å². The molecule has 10 heteroatoms. The van der Waals surface area contributed by atoms with Gasteiger partial charge in [-0.25, -0.2) is 9.59 Å². The normalized spacial score (nSPS) is 13.0. The number of amides is 1. The number of rotatable bonds is 8. The molecule has 0 bridgehead atoms. The van der Waals surface area contributed by atoms with Crippen molar-refractivity contribution in [2.45, 2.75) is 39.8 Å². The average molecular weight is 517 g/mol. The van der Waals surface area contributed by atoms with Crippen LogP contribution in [0.5, 0.6) is 5.75 Å². The Labute approximate surface area is 206 Å². The SMILES string of the molecule is CC(C)(C)C(C[C@H](NC(=O)OCc1ccccc1)C(=O)Oc1cc(Cl)c(Cl)cc1Cl)C(=O)O. The summed E-state index contributed by atoms with van der Waals surface area (Å²) in [6.07, 6.45) is -1.14. The van der Waals surface area contributed by atoms with Crippen LogP contribution < -0.4 is 10.1 Å². The molecule has 0 aromatic heterocycles. The maximum atomic E-state index is 12.9. The Morgan fingerprint density at radius 3 is 2.18 bits per heavy atom. The summed E-state index contributed by atoms with van der Waals surface area (Å²) in [5.41, 5.74) is 0.0359. The molecule has 0 aliphatic heterocycles. The summed E-state index contributed by atoms with van der Waals surface area (Å²) in [6.45, 7) is 5.13. The van der Waals surface area contributed by atoms with Crippen molar-refractivity contribution < 1.29 is 29.0 Å². The molecule has 0 heterocycles. The van der Waals surface area contributed by atoms with Crippen molar-refractivity contribution in [2.24, 2.45) is 11.3 Å². The topological polar surface area (TPSA) is 102 Å². The Kier molecular flexibility index (Phi) is 9.40. The van der Waals surface area contributed by atoms with Crippen LogP contribution >= 0.6 is 34.8 Å². The Bertz CT molecular complexity index is 1010. The zero-order valence-electron chi connectivity index (χ0n) is 18.2. The van der Waals surface area contributed by atoms with Crippen LogP contribution in [0, 0.1) is 11.3 Å². The molecule has 2 N–H and O–H groups in total. The number of alkyl carbamates (subject to hydrolysis) is 1. The molecule has 2 atom stereocenters. The molecule has 1 unspecified atom stereocenters. The lowest BCUT2D eigenvalue weighted by molar-refractivity contribution is -0.147. The lowest BCUT2D eigenvalue weighted by atomic mass is 9.77. The highest BCUT2D eigenvalue weighted by molar-refractivity contribution is 6.43. The number of carbonyl (C=O) groups excluding carboxylic acids is 2. The van der Waals surface area contributed by atoms with E-state index >= 15 is 0 Å². The van der Waals surface area contributed by atoms with E-state index in [1.54, 1.807) is 45.0 Å². The van der Waals surface area contributed by atoms with Gasteiger partial charge in [-0.15, -0.1) is 0 Å². The van der Waals surface area contributed by atoms with E-state index in [1.807, 2.05) is 6.07 Å². The molecule has 2 aromatic carbocycles. The van der Waals surface area contributed by atoms with Crippen LogP contribution in [0.1, 0.15) is 32.8 Å². The third kappa shape index (κ3) is 8.11. The molecule has 33 heavy (non-hydrogen) atoms. The van der Waals surface area contributed by atoms with Crippen LogP contribution in [0.4, 0.5) is 4.79 Å². The van der Waals surface area contributed by atoms with E-state index in [2.05, 4.69) is 5.32 Å². The first-order valence-electron chi connectivity index (χ1n) is 9.94. The fourth-order valence-electron chi connectivity index (χ4n) is 2.94. The Hall–Kier alpha value is -2.48. The maximum Gasteiger partial charge on any atom is 0.408 e. The van der Waals surface area contributed by atoms with Crippen molar-refractivity contribution >= 4 is 52.8 Å². The molecule has 0 spiro atoms. The lowest BCUT2D eigenvalue weighted by Gasteiger charge is -2.30. The second kappa shape index (κ2) is 11.6. The fourth-order valence-corrected chi connectivity index (χ4v) is 3.52. The van der Waals surface area contributed by atoms with Gasteiger partial charge >= 0.3 is 18.0 Å². The van der Waals surface area contributed by atoms with Crippen LogP contribution in [-0.4, -0.2) is 29.2 Å². The lowest BCUT2D eigenvalue weighted by Crippen LogP contribution is -2.47. The highest BCUT2D eigenvalue weighted by Gasteiger charge is 2.37. The molecule has 178 valence electrons. The van der Waals surface area contributed by atoms with Crippen LogP contribution in [0.15, 0.2) is 42.5 Å². The minimum atomic E-state index is -1.33. The number of carbonyl (C=O) groups is 3. The highest BCUT2D eigenvalue weighted by atomic mass is 35.5. The van der Waals surface area contributed by atoms with Crippen molar-refractivity contribution in [1.29, 1.82) is 0 Å². The van der Waals surface area contributed by atoms with Gasteiger partial charge in [0.05, 0.1) is 21.0 Å². The van der Waals surface area contributed by atoms with E-state index in [0.717, 1.165) is 5.56 Å². The van der Waals surface area contributed by atoms with Crippen LogP contribution in [-0.2, 0) is 20.9 Å². The van der Waals surface area contributed by atoms with Gasteiger partial charge in [-0.2, -0.15) is 0 Å². The monoisotopic (exact) mass is 515 g/mol. The predicted octanol–water partition coefficient (Wildman–Crippen LogP) is 5.98. The van der Waals surface area contributed by atoms with E-state index < -0.39 is 35.4 Å². The van der Waals surface area contributed by atoms with Gasteiger partial charge < -0.3 is 19.9 Å². The molecular formula is C23H24Cl3NO6. The molecule has 2 aromatic rings.